The second kappa shape index (κ2) is 8.43. The number of fused-ring (bicyclic) bond motifs is 1. The molecule has 2 aliphatic heterocycles. The van der Waals surface area contributed by atoms with Crippen molar-refractivity contribution in [2.24, 2.45) is 0 Å². The molecule has 1 aromatic carbocycles. The molecule has 0 aliphatic carbocycles. The number of rotatable bonds is 4. The van der Waals surface area contributed by atoms with Crippen LogP contribution in [0.25, 0.3) is 11.0 Å². The summed E-state index contributed by atoms with van der Waals surface area (Å²) >= 11 is 0. The summed E-state index contributed by atoms with van der Waals surface area (Å²) in [4.78, 5) is 19.1. The molecule has 9 nitrogen and oxygen atoms in total. The van der Waals surface area contributed by atoms with Gasteiger partial charge in [-0.3, -0.25) is 4.79 Å². The van der Waals surface area contributed by atoms with Crippen LogP contribution < -0.4 is 14.5 Å². The molecular formula is C22H25N5O4. The largest absolute Gasteiger partial charge is 0.493 e. The van der Waals surface area contributed by atoms with Crippen LogP contribution in [0.15, 0.2) is 40.8 Å². The molecule has 1 amide bonds. The molecule has 0 saturated carbocycles. The Labute approximate surface area is 180 Å². The van der Waals surface area contributed by atoms with Gasteiger partial charge in [-0.15, -0.1) is 10.2 Å². The van der Waals surface area contributed by atoms with Crippen LogP contribution in [-0.4, -0.2) is 80.6 Å². The molecular weight excluding hydrogens is 398 g/mol. The number of para-hydroxylation sites is 1. The molecule has 2 aromatic heterocycles. The molecule has 162 valence electrons. The summed E-state index contributed by atoms with van der Waals surface area (Å²) in [7, 11) is 1.59. The monoisotopic (exact) mass is 423 g/mol. The zero-order valence-corrected chi connectivity index (χ0v) is 17.5. The fourth-order valence-electron chi connectivity index (χ4n) is 4.04. The highest BCUT2D eigenvalue weighted by Gasteiger charge is 2.26. The lowest BCUT2D eigenvalue weighted by molar-refractivity contribution is 0.0716. The summed E-state index contributed by atoms with van der Waals surface area (Å²) in [6.45, 7) is 5.70. The van der Waals surface area contributed by atoms with E-state index in [1.807, 2.05) is 35.2 Å². The Morgan fingerprint density at radius 1 is 0.935 bits per heavy atom. The van der Waals surface area contributed by atoms with Gasteiger partial charge in [-0.05, 0) is 24.3 Å². The summed E-state index contributed by atoms with van der Waals surface area (Å²) in [5.74, 6) is 2.56. The number of carbonyl (C=O) groups excluding carboxylic acids is 1. The maximum absolute atomic E-state index is 13.0. The molecule has 0 bridgehead atoms. The Morgan fingerprint density at radius 2 is 1.61 bits per heavy atom. The number of hydrogen-bond donors (Lipinski definition) is 0. The van der Waals surface area contributed by atoms with E-state index in [1.165, 1.54) is 0 Å². The molecule has 9 heteroatoms. The quantitative estimate of drug-likeness (QED) is 0.630. The van der Waals surface area contributed by atoms with Gasteiger partial charge in [0, 0.05) is 44.7 Å². The van der Waals surface area contributed by atoms with Crippen LogP contribution in [0.4, 0.5) is 11.6 Å². The zero-order valence-electron chi connectivity index (χ0n) is 17.5. The Bertz CT molecular complexity index is 1050. The van der Waals surface area contributed by atoms with Crippen molar-refractivity contribution in [2.45, 2.75) is 0 Å². The predicted octanol–water partition coefficient (Wildman–Crippen LogP) is 2.03. The summed E-state index contributed by atoms with van der Waals surface area (Å²) in [5.41, 5.74) is 0.600. The van der Waals surface area contributed by atoms with Gasteiger partial charge in [0.2, 0.25) is 0 Å². The Balaban J connectivity index is 1.22. The predicted molar refractivity (Wildman–Crippen MR) is 116 cm³/mol. The van der Waals surface area contributed by atoms with E-state index < -0.39 is 0 Å². The van der Waals surface area contributed by atoms with E-state index in [0.29, 0.717) is 43.3 Å². The highest BCUT2D eigenvalue weighted by atomic mass is 16.5. The molecule has 0 spiro atoms. The van der Waals surface area contributed by atoms with Gasteiger partial charge in [0.05, 0.1) is 20.3 Å². The van der Waals surface area contributed by atoms with Gasteiger partial charge in [-0.2, -0.15) is 0 Å². The third kappa shape index (κ3) is 3.88. The van der Waals surface area contributed by atoms with Crippen LogP contribution >= 0.6 is 0 Å². The number of nitrogens with zero attached hydrogens (tertiary/aromatic N) is 5. The molecule has 0 unspecified atom stereocenters. The van der Waals surface area contributed by atoms with Crippen LogP contribution in [0.3, 0.4) is 0 Å². The van der Waals surface area contributed by atoms with Crippen molar-refractivity contribution in [3.63, 3.8) is 0 Å². The minimum Gasteiger partial charge on any atom is -0.493 e. The van der Waals surface area contributed by atoms with Crippen molar-refractivity contribution < 1.29 is 18.7 Å². The normalized spacial score (nSPS) is 17.3. The molecule has 0 radical (unpaired) electrons. The first-order chi connectivity index (χ1) is 15.2. The van der Waals surface area contributed by atoms with Crippen molar-refractivity contribution >= 4 is 28.5 Å². The molecule has 31 heavy (non-hydrogen) atoms. The number of piperazine rings is 1. The topological polar surface area (TPSA) is 84.2 Å². The smallest absolute Gasteiger partial charge is 0.289 e. The van der Waals surface area contributed by atoms with Crippen LogP contribution in [0, 0.1) is 0 Å². The Hall–Kier alpha value is -3.33. The minimum atomic E-state index is -0.105. The molecule has 5 rings (SSSR count). The molecule has 2 aliphatic rings. The second-order valence-corrected chi connectivity index (χ2v) is 7.62. The van der Waals surface area contributed by atoms with E-state index in [-0.39, 0.29) is 5.91 Å². The maximum atomic E-state index is 13.0. The van der Waals surface area contributed by atoms with Crippen LogP contribution in [0.5, 0.6) is 5.75 Å². The second-order valence-electron chi connectivity index (χ2n) is 7.62. The number of amides is 1. The van der Waals surface area contributed by atoms with E-state index in [0.717, 1.165) is 43.3 Å². The van der Waals surface area contributed by atoms with E-state index >= 15 is 0 Å². The first-order valence-corrected chi connectivity index (χ1v) is 10.5. The molecule has 0 atom stereocenters. The minimum absolute atomic E-state index is 0.105. The van der Waals surface area contributed by atoms with Gasteiger partial charge in [-0.25, -0.2) is 0 Å². The zero-order chi connectivity index (χ0) is 21.2. The van der Waals surface area contributed by atoms with Crippen LogP contribution in [0.2, 0.25) is 0 Å². The fraction of sp³-hybridized carbons (Fsp3) is 0.409. The van der Waals surface area contributed by atoms with Gasteiger partial charge in [0.1, 0.15) is 0 Å². The number of aromatic nitrogens is 2. The number of hydrogen-bond acceptors (Lipinski definition) is 8. The third-order valence-corrected chi connectivity index (χ3v) is 5.80. The average Bonchev–Trinajstić information content (AvgIpc) is 3.29. The lowest BCUT2D eigenvalue weighted by Gasteiger charge is -2.35. The number of benzene rings is 1. The van der Waals surface area contributed by atoms with Gasteiger partial charge >= 0.3 is 0 Å². The first kappa shape index (κ1) is 19.6. The van der Waals surface area contributed by atoms with E-state index in [1.54, 1.807) is 13.2 Å². The SMILES string of the molecule is COc1cccc2cc(C(=O)N3CCN(c4ccc(N5CCOCC5)nn4)CC3)oc12. The van der Waals surface area contributed by atoms with Crippen molar-refractivity contribution in [3.8, 4) is 5.75 Å². The summed E-state index contributed by atoms with van der Waals surface area (Å²) in [5, 5.41) is 9.66. The number of furan rings is 1. The molecule has 2 saturated heterocycles. The van der Waals surface area contributed by atoms with Gasteiger partial charge in [0.15, 0.2) is 28.7 Å². The first-order valence-electron chi connectivity index (χ1n) is 10.5. The number of anilines is 2. The highest BCUT2D eigenvalue weighted by molar-refractivity contribution is 5.97. The number of methoxy groups -OCH3 is 1. The van der Waals surface area contributed by atoms with E-state index in [4.69, 9.17) is 13.9 Å². The van der Waals surface area contributed by atoms with Gasteiger partial charge < -0.3 is 28.6 Å². The Morgan fingerprint density at radius 3 is 2.26 bits per heavy atom. The van der Waals surface area contributed by atoms with Crippen LogP contribution in [-0.2, 0) is 4.74 Å². The third-order valence-electron chi connectivity index (χ3n) is 5.80. The number of morpholine rings is 1. The summed E-state index contributed by atoms with van der Waals surface area (Å²) in [6, 6.07) is 11.4. The Kier molecular flexibility index (Phi) is 5.33. The van der Waals surface area contributed by atoms with E-state index in [2.05, 4.69) is 20.0 Å². The summed E-state index contributed by atoms with van der Waals surface area (Å²) in [6.07, 6.45) is 0. The standard InChI is InChI=1S/C22H25N5O4/c1-29-17-4-2-3-16-15-18(31-21(16)17)22(28)27-9-7-25(8-10-27)19-5-6-20(24-23-19)26-11-13-30-14-12-26/h2-6,15H,7-14H2,1H3. The molecule has 0 N–H and O–H groups in total. The average molecular weight is 423 g/mol. The molecule has 2 fully saturated rings. The number of ether oxygens (including phenoxy) is 2. The lowest BCUT2D eigenvalue weighted by atomic mass is 10.2. The van der Waals surface area contributed by atoms with Crippen LogP contribution in [0.1, 0.15) is 10.6 Å². The molecule has 4 heterocycles. The number of carbonyl (C=O) groups is 1. The van der Waals surface area contributed by atoms with Gasteiger partial charge in [-0.1, -0.05) is 12.1 Å². The van der Waals surface area contributed by atoms with Crippen molar-refractivity contribution in [1.82, 2.24) is 15.1 Å². The highest BCUT2D eigenvalue weighted by Crippen LogP contribution is 2.29. The maximum Gasteiger partial charge on any atom is 0.289 e. The summed E-state index contributed by atoms with van der Waals surface area (Å²) < 4.78 is 16.5. The van der Waals surface area contributed by atoms with Gasteiger partial charge in [0.25, 0.3) is 5.91 Å². The van der Waals surface area contributed by atoms with Crippen molar-refractivity contribution in [1.29, 1.82) is 0 Å². The lowest BCUT2D eigenvalue weighted by Crippen LogP contribution is -2.49. The molecule has 3 aromatic rings. The van der Waals surface area contributed by atoms with Crippen molar-refractivity contribution in [2.75, 3.05) is 69.4 Å². The fourth-order valence-corrected chi connectivity index (χ4v) is 4.04. The van der Waals surface area contributed by atoms with Crippen molar-refractivity contribution in [3.05, 3.63) is 42.2 Å². The van der Waals surface area contributed by atoms with E-state index in [9.17, 15) is 4.79 Å².